The van der Waals surface area contributed by atoms with E-state index in [0.29, 0.717) is 22.1 Å². The second kappa shape index (κ2) is 6.06. The molecule has 3 rings (SSSR count). The maximum Gasteiger partial charge on any atom is 0.349 e. The average molecular weight is 335 g/mol. The van der Waals surface area contributed by atoms with Gasteiger partial charge in [0, 0.05) is 5.41 Å². The number of rotatable bonds is 2. The second-order valence-corrected chi connectivity index (χ2v) is 6.71. The number of hydrogen-bond acceptors (Lipinski definition) is 5. The molecule has 0 fully saturated rings. The van der Waals surface area contributed by atoms with Gasteiger partial charge in [-0.05, 0) is 30.7 Å². The van der Waals surface area contributed by atoms with E-state index >= 15 is 0 Å². The second-order valence-electron chi connectivity index (χ2n) is 6.71. The summed E-state index contributed by atoms with van der Waals surface area (Å²) in [6, 6.07) is 7.31. The summed E-state index contributed by atoms with van der Waals surface area (Å²) in [4.78, 5) is 24.4. The van der Waals surface area contributed by atoms with E-state index in [1.54, 1.807) is 24.3 Å². The Morgan fingerprint density at radius 3 is 2.72 bits per heavy atom. The number of carbonyl (C=O) groups excluding carboxylic acids is 1. The normalized spacial score (nSPS) is 17.0. The molecule has 1 aliphatic rings. The summed E-state index contributed by atoms with van der Waals surface area (Å²) < 4.78 is 10.6. The Labute approximate surface area is 144 Å². The first-order valence-electron chi connectivity index (χ1n) is 7.86. The van der Waals surface area contributed by atoms with Gasteiger partial charge in [-0.15, -0.1) is 0 Å². The predicted octanol–water partition coefficient (Wildman–Crippen LogP) is 3.52. The molecule has 0 saturated carbocycles. The lowest BCUT2D eigenvalue weighted by molar-refractivity contribution is -0.142. The molecule has 0 N–H and O–H groups in total. The van der Waals surface area contributed by atoms with Crippen LogP contribution in [0.3, 0.4) is 0 Å². The number of ether oxygens (including phenoxy) is 1. The number of fused-ring (bicyclic) bond motifs is 1. The summed E-state index contributed by atoms with van der Waals surface area (Å²) in [5.41, 5.74) is 1.69. The number of esters is 1. The van der Waals surface area contributed by atoms with Crippen molar-refractivity contribution in [3.05, 3.63) is 63.0 Å². The molecule has 2 heterocycles. The molecule has 0 radical (unpaired) electrons. The molecule has 1 aliphatic heterocycles. The number of aryl methyl sites for hydroxylation is 1. The fourth-order valence-corrected chi connectivity index (χ4v) is 2.81. The minimum absolute atomic E-state index is 0.0338. The quantitative estimate of drug-likeness (QED) is 0.785. The number of hydrogen-bond donors (Lipinski definition) is 0. The average Bonchev–Trinajstić information content (AvgIpc) is 2.57. The van der Waals surface area contributed by atoms with Gasteiger partial charge in [0.2, 0.25) is 0 Å². The summed E-state index contributed by atoms with van der Waals surface area (Å²) in [5.74, 6) is -0.636. The van der Waals surface area contributed by atoms with E-state index < -0.39 is 11.4 Å². The maximum atomic E-state index is 12.6. The maximum absolute atomic E-state index is 12.6. The van der Waals surface area contributed by atoms with Crippen molar-refractivity contribution in [2.24, 2.45) is 5.41 Å². The lowest BCUT2D eigenvalue weighted by atomic mass is 9.80. The first-order valence-corrected chi connectivity index (χ1v) is 7.86. The number of cyclic esters (lactones) is 1. The van der Waals surface area contributed by atoms with Crippen molar-refractivity contribution < 1.29 is 13.9 Å². The van der Waals surface area contributed by atoms with Gasteiger partial charge in [-0.2, -0.15) is 5.26 Å². The van der Waals surface area contributed by atoms with Crippen molar-refractivity contribution in [2.45, 2.75) is 20.8 Å². The number of nitriles is 1. The minimum atomic E-state index is -0.636. The molecule has 0 spiro atoms. The van der Waals surface area contributed by atoms with Crippen molar-refractivity contribution in [3.8, 4) is 6.07 Å². The molecule has 5 nitrogen and oxygen atoms in total. The van der Waals surface area contributed by atoms with Gasteiger partial charge in [0.15, 0.2) is 5.43 Å². The van der Waals surface area contributed by atoms with Gasteiger partial charge in [-0.3, -0.25) is 4.79 Å². The van der Waals surface area contributed by atoms with Crippen LogP contribution in [0.25, 0.3) is 17.0 Å². The summed E-state index contributed by atoms with van der Waals surface area (Å²) in [6.45, 7) is 5.84. The van der Waals surface area contributed by atoms with E-state index in [0.717, 1.165) is 5.56 Å². The van der Waals surface area contributed by atoms with Gasteiger partial charge in [0.05, 0.1) is 10.9 Å². The molecule has 0 saturated heterocycles. The molecule has 2 aromatic rings. The van der Waals surface area contributed by atoms with Crippen molar-refractivity contribution in [3.63, 3.8) is 0 Å². The Bertz CT molecular complexity index is 1030. The number of nitrogens with zero attached hydrogens (tertiary/aromatic N) is 1. The van der Waals surface area contributed by atoms with Gasteiger partial charge in [-0.25, -0.2) is 4.79 Å². The Morgan fingerprint density at radius 2 is 2.00 bits per heavy atom. The molecule has 1 aromatic heterocycles. The Hall–Kier alpha value is -3.13. The van der Waals surface area contributed by atoms with Crippen LogP contribution in [-0.2, 0) is 9.53 Å². The largest absolute Gasteiger partial charge is 0.463 e. The lowest BCUT2D eigenvalue weighted by Crippen LogP contribution is -2.31. The van der Waals surface area contributed by atoms with Crippen LogP contribution in [0.1, 0.15) is 25.0 Å². The van der Waals surface area contributed by atoms with Gasteiger partial charge >= 0.3 is 5.97 Å². The Morgan fingerprint density at radius 1 is 1.24 bits per heavy atom. The molecule has 1 aromatic carbocycles. The molecule has 0 aliphatic carbocycles. The number of allylic oxidation sites excluding steroid dienone is 1. The summed E-state index contributed by atoms with van der Waals surface area (Å²) in [5, 5.41) is 9.76. The van der Waals surface area contributed by atoms with Crippen LogP contribution in [0.4, 0.5) is 0 Å². The monoisotopic (exact) mass is 335 g/mol. The summed E-state index contributed by atoms with van der Waals surface area (Å²) >= 11 is 0. The Kier molecular flexibility index (Phi) is 4.05. The van der Waals surface area contributed by atoms with Crippen LogP contribution in [0.2, 0.25) is 0 Å². The van der Waals surface area contributed by atoms with Gasteiger partial charge in [-0.1, -0.05) is 31.6 Å². The highest BCUT2D eigenvalue weighted by molar-refractivity contribution is 5.95. The highest BCUT2D eigenvalue weighted by Crippen LogP contribution is 2.34. The zero-order valence-electron chi connectivity index (χ0n) is 14.3. The molecular weight excluding hydrogens is 318 g/mol. The van der Waals surface area contributed by atoms with E-state index in [9.17, 15) is 14.9 Å². The molecular formula is C20H17NO4. The van der Waals surface area contributed by atoms with Gasteiger partial charge in [0.1, 0.15) is 30.1 Å². The molecule has 25 heavy (non-hydrogen) atoms. The first-order chi connectivity index (χ1) is 11.8. The summed E-state index contributed by atoms with van der Waals surface area (Å²) in [6.07, 6.45) is 4.60. The zero-order chi connectivity index (χ0) is 18.2. The van der Waals surface area contributed by atoms with Crippen molar-refractivity contribution >= 4 is 23.0 Å². The zero-order valence-corrected chi connectivity index (χ0v) is 14.3. The third-order valence-corrected chi connectivity index (χ3v) is 4.26. The van der Waals surface area contributed by atoms with Gasteiger partial charge < -0.3 is 9.15 Å². The first kappa shape index (κ1) is 16.7. The smallest absolute Gasteiger partial charge is 0.349 e. The fraction of sp³-hybridized carbons (Fsp3) is 0.250. The third-order valence-electron chi connectivity index (χ3n) is 4.26. The van der Waals surface area contributed by atoms with Crippen molar-refractivity contribution in [1.82, 2.24) is 0 Å². The third kappa shape index (κ3) is 2.99. The van der Waals surface area contributed by atoms with Crippen LogP contribution in [0.15, 0.2) is 50.9 Å². The van der Waals surface area contributed by atoms with E-state index in [1.165, 1.54) is 6.26 Å². The van der Waals surface area contributed by atoms with Gasteiger partial charge in [0.25, 0.3) is 0 Å². The van der Waals surface area contributed by atoms with Crippen LogP contribution >= 0.6 is 0 Å². The number of benzene rings is 1. The highest BCUT2D eigenvalue weighted by Gasteiger charge is 2.34. The molecule has 5 heteroatoms. The molecule has 0 unspecified atom stereocenters. The SMILES string of the molecule is Cc1ccc2occ(/C=C/C3=C(C#N)C(=O)OCC3(C)C)c(=O)c2c1. The van der Waals surface area contributed by atoms with Crippen LogP contribution in [0.5, 0.6) is 0 Å². The van der Waals surface area contributed by atoms with Crippen molar-refractivity contribution in [2.75, 3.05) is 6.61 Å². The predicted molar refractivity (Wildman–Crippen MR) is 93.6 cm³/mol. The molecule has 126 valence electrons. The van der Waals surface area contributed by atoms with E-state index in [2.05, 4.69) is 0 Å². The van der Waals surface area contributed by atoms with Crippen LogP contribution in [-0.4, -0.2) is 12.6 Å². The standard InChI is InChI=1S/C20H17NO4/c1-12-4-7-17-14(8-12)18(22)13(10-24-17)5-6-16-15(9-21)19(23)25-11-20(16,2)3/h4-8,10H,11H2,1-3H3/b6-5+. The molecule has 0 amide bonds. The molecule has 0 bridgehead atoms. The fourth-order valence-electron chi connectivity index (χ4n) is 2.81. The summed E-state index contributed by atoms with van der Waals surface area (Å²) in [7, 11) is 0. The topological polar surface area (TPSA) is 80.3 Å². The Balaban J connectivity index is 2.12. The van der Waals surface area contributed by atoms with E-state index in [1.807, 2.05) is 32.9 Å². The molecule has 0 atom stereocenters. The van der Waals surface area contributed by atoms with E-state index in [-0.39, 0.29) is 17.6 Å². The van der Waals surface area contributed by atoms with Crippen LogP contribution in [0, 0.1) is 23.7 Å². The minimum Gasteiger partial charge on any atom is -0.463 e. The van der Waals surface area contributed by atoms with E-state index in [4.69, 9.17) is 9.15 Å². The lowest BCUT2D eigenvalue weighted by Gasteiger charge is -2.30. The van der Waals surface area contributed by atoms with Crippen LogP contribution < -0.4 is 5.43 Å². The van der Waals surface area contributed by atoms with Crippen molar-refractivity contribution in [1.29, 1.82) is 5.26 Å². The highest BCUT2D eigenvalue weighted by atomic mass is 16.5. The number of carbonyl (C=O) groups is 1.